The fourth-order valence-corrected chi connectivity index (χ4v) is 1.60. The molecule has 2 atom stereocenters. The predicted octanol–water partition coefficient (Wildman–Crippen LogP) is 2.17. The van der Waals surface area contributed by atoms with Crippen LogP contribution >= 0.6 is 0 Å². The number of rotatable bonds is 4. The molecule has 1 rings (SSSR count). The second-order valence-electron chi connectivity index (χ2n) is 3.96. The summed E-state index contributed by atoms with van der Waals surface area (Å²) in [4.78, 5) is 10.8. The summed E-state index contributed by atoms with van der Waals surface area (Å²) in [5.41, 5.74) is -0.158. The van der Waals surface area contributed by atoms with E-state index in [0.717, 1.165) is 38.6 Å². The van der Waals surface area contributed by atoms with Gasteiger partial charge in [0.25, 0.3) is 0 Å². The molecule has 70 valence electrons. The molecule has 0 aliphatic carbocycles. The first-order chi connectivity index (χ1) is 5.70. The van der Waals surface area contributed by atoms with Gasteiger partial charge in [-0.2, -0.15) is 0 Å². The maximum absolute atomic E-state index is 10.8. The zero-order valence-electron chi connectivity index (χ0n) is 8.01. The fourth-order valence-electron chi connectivity index (χ4n) is 1.60. The van der Waals surface area contributed by atoms with Crippen LogP contribution < -0.4 is 0 Å². The number of hydrogen-bond acceptors (Lipinski definition) is 2. The molecule has 2 nitrogen and oxygen atoms in total. The van der Waals surface area contributed by atoms with Gasteiger partial charge in [-0.3, -0.25) is 0 Å². The van der Waals surface area contributed by atoms with Crippen LogP contribution in [0.3, 0.4) is 0 Å². The van der Waals surface area contributed by atoms with Crippen molar-refractivity contribution in [2.24, 2.45) is 5.41 Å². The van der Waals surface area contributed by atoms with Gasteiger partial charge >= 0.3 is 0 Å². The Balaban J connectivity index is 2.40. The van der Waals surface area contributed by atoms with E-state index in [4.69, 9.17) is 4.74 Å². The van der Waals surface area contributed by atoms with E-state index in [0.29, 0.717) is 6.10 Å². The Kier molecular flexibility index (Phi) is 3.27. The number of carbonyl (C=O) groups is 1. The molecule has 0 saturated carbocycles. The average Bonchev–Trinajstić information content (AvgIpc) is 2.57. The lowest BCUT2D eigenvalue weighted by Gasteiger charge is -2.24. The minimum Gasteiger partial charge on any atom is -0.378 e. The van der Waals surface area contributed by atoms with Crippen LogP contribution in [0.4, 0.5) is 0 Å². The molecule has 1 heterocycles. The quantitative estimate of drug-likeness (QED) is 0.604. The van der Waals surface area contributed by atoms with E-state index in [9.17, 15) is 4.79 Å². The van der Waals surface area contributed by atoms with Gasteiger partial charge in [-0.15, -0.1) is 0 Å². The molecule has 1 unspecified atom stereocenters. The first-order valence-electron chi connectivity index (χ1n) is 4.78. The van der Waals surface area contributed by atoms with Crippen LogP contribution in [0.1, 0.15) is 39.5 Å². The molecule has 0 aromatic heterocycles. The molecule has 0 bridgehead atoms. The normalized spacial score (nSPS) is 28.3. The van der Waals surface area contributed by atoms with Gasteiger partial charge in [-0.05, 0) is 25.7 Å². The van der Waals surface area contributed by atoms with E-state index >= 15 is 0 Å². The lowest BCUT2D eigenvalue weighted by atomic mass is 9.83. The summed E-state index contributed by atoms with van der Waals surface area (Å²) in [5, 5.41) is 0. The summed E-state index contributed by atoms with van der Waals surface area (Å²) in [6.07, 6.45) is 5.50. The SMILES string of the molecule is CCC(C)(C=O)C[C@H]1CCCO1. The van der Waals surface area contributed by atoms with Crippen LogP contribution in [0, 0.1) is 5.41 Å². The largest absolute Gasteiger partial charge is 0.378 e. The van der Waals surface area contributed by atoms with E-state index in [2.05, 4.69) is 6.92 Å². The lowest BCUT2D eigenvalue weighted by Crippen LogP contribution is -2.23. The third-order valence-electron chi connectivity index (χ3n) is 2.81. The summed E-state index contributed by atoms with van der Waals surface area (Å²) in [7, 11) is 0. The summed E-state index contributed by atoms with van der Waals surface area (Å²) < 4.78 is 5.49. The van der Waals surface area contributed by atoms with Crippen LogP contribution in [0.2, 0.25) is 0 Å². The van der Waals surface area contributed by atoms with Crippen molar-refractivity contribution in [2.45, 2.75) is 45.6 Å². The van der Waals surface area contributed by atoms with Crippen molar-refractivity contribution in [3.05, 3.63) is 0 Å². The maximum atomic E-state index is 10.8. The third-order valence-corrected chi connectivity index (χ3v) is 2.81. The Morgan fingerprint density at radius 2 is 2.42 bits per heavy atom. The van der Waals surface area contributed by atoms with Crippen molar-refractivity contribution in [1.29, 1.82) is 0 Å². The minimum atomic E-state index is -0.158. The van der Waals surface area contributed by atoms with E-state index in [-0.39, 0.29) is 5.41 Å². The monoisotopic (exact) mass is 170 g/mol. The molecule has 2 heteroatoms. The zero-order chi connectivity index (χ0) is 9.03. The van der Waals surface area contributed by atoms with E-state index in [1.54, 1.807) is 0 Å². The Bertz CT molecular complexity index is 150. The highest BCUT2D eigenvalue weighted by molar-refractivity contribution is 5.58. The van der Waals surface area contributed by atoms with E-state index in [1.165, 1.54) is 0 Å². The smallest absolute Gasteiger partial charge is 0.125 e. The van der Waals surface area contributed by atoms with Crippen molar-refractivity contribution in [2.75, 3.05) is 6.61 Å². The number of carbonyl (C=O) groups excluding carboxylic acids is 1. The van der Waals surface area contributed by atoms with Crippen LogP contribution in [0.5, 0.6) is 0 Å². The molecule has 0 spiro atoms. The van der Waals surface area contributed by atoms with Crippen molar-refractivity contribution in [3.63, 3.8) is 0 Å². The fraction of sp³-hybridized carbons (Fsp3) is 0.900. The Morgan fingerprint density at radius 3 is 2.83 bits per heavy atom. The van der Waals surface area contributed by atoms with Gasteiger partial charge in [0.2, 0.25) is 0 Å². The lowest BCUT2D eigenvalue weighted by molar-refractivity contribution is -0.117. The molecule has 0 aromatic carbocycles. The number of aldehydes is 1. The average molecular weight is 170 g/mol. The zero-order valence-corrected chi connectivity index (χ0v) is 8.01. The Labute approximate surface area is 74.3 Å². The minimum absolute atomic E-state index is 0.158. The van der Waals surface area contributed by atoms with Crippen LogP contribution in [-0.4, -0.2) is 19.0 Å². The standard InChI is InChI=1S/C10H18O2/c1-3-10(2,8-11)7-9-5-4-6-12-9/h8-9H,3-7H2,1-2H3/t9-,10?/m1/s1. The number of ether oxygens (including phenoxy) is 1. The van der Waals surface area contributed by atoms with Gasteiger partial charge in [0.15, 0.2) is 0 Å². The predicted molar refractivity (Wildman–Crippen MR) is 48.1 cm³/mol. The summed E-state index contributed by atoms with van der Waals surface area (Å²) >= 11 is 0. The first-order valence-corrected chi connectivity index (χ1v) is 4.78. The molecule has 1 aliphatic heterocycles. The molecule has 0 radical (unpaired) electrons. The first kappa shape index (κ1) is 9.72. The molecule has 0 aromatic rings. The van der Waals surface area contributed by atoms with Gasteiger partial charge in [-0.1, -0.05) is 13.8 Å². The molecule has 1 saturated heterocycles. The highest BCUT2D eigenvalue weighted by Crippen LogP contribution is 2.29. The van der Waals surface area contributed by atoms with Gasteiger partial charge in [-0.25, -0.2) is 0 Å². The molecule has 1 aliphatic rings. The third kappa shape index (κ3) is 2.31. The van der Waals surface area contributed by atoms with Crippen molar-refractivity contribution in [3.8, 4) is 0 Å². The van der Waals surface area contributed by atoms with Crippen LogP contribution in [0.25, 0.3) is 0 Å². The molecule has 0 N–H and O–H groups in total. The molecular formula is C10H18O2. The van der Waals surface area contributed by atoms with Gasteiger partial charge in [0.05, 0.1) is 6.10 Å². The summed E-state index contributed by atoms with van der Waals surface area (Å²) in [5.74, 6) is 0. The Hall–Kier alpha value is -0.370. The highest BCUT2D eigenvalue weighted by atomic mass is 16.5. The number of hydrogen-bond donors (Lipinski definition) is 0. The Morgan fingerprint density at radius 1 is 1.67 bits per heavy atom. The van der Waals surface area contributed by atoms with Crippen LogP contribution in [-0.2, 0) is 9.53 Å². The summed E-state index contributed by atoms with van der Waals surface area (Å²) in [6.45, 7) is 4.95. The summed E-state index contributed by atoms with van der Waals surface area (Å²) in [6, 6.07) is 0. The molecule has 12 heavy (non-hydrogen) atoms. The van der Waals surface area contributed by atoms with E-state index < -0.39 is 0 Å². The van der Waals surface area contributed by atoms with Crippen molar-refractivity contribution >= 4 is 6.29 Å². The van der Waals surface area contributed by atoms with Gasteiger partial charge in [0.1, 0.15) is 6.29 Å². The topological polar surface area (TPSA) is 26.3 Å². The second kappa shape index (κ2) is 4.04. The highest BCUT2D eigenvalue weighted by Gasteiger charge is 2.28. The molecule has 1 fully saturated rings. The van der Waals surface area contributed by atoms with Gasteiger partial charge in [0, 0.05) is 12.0 Å². The molecular weight excluding hydrogens is 152 g/mol. The maximum Gasteiger partial charge on any atom is 0.125 e. The van der Waals surface area contributed by atoms with Crippen molar-refractivity contribution in [1.82, 2.24) is 0 Å². The van der Waals surface area contributed by atoms with Crippen molar-refractivity contribution < 1.29 is 9.53 Å². The van der Waals surface area contributed by atoms with Gasteiger partial charge < -0.3 is 9.53 Å². The second-order valence-corrected chi connectivity index (χ2v) is 3.96. The van der Waals surface area contributed by atoms with E-state index in [1.807, 2.05) is 6.92 Å². The van der Waals surface area contributed by atoms with Crippen LogP contribution in [0.15, 0.2) is 0 Å². The molecule has 0 amide bonds.